The zero-order valence-corrected chi connectivity index (χ0v) is 20.2. The van der Waals surface area contributed by atoms with Crippen LogP contribution in [0.1, 0.15) is 22.7 Å². The van der Waals surface area contributed by atoms with E-state index in [1.807, 2.05) is 24.3 Å². The number of nitrogens with one attached hydrogen (secondary N) is 2. The molecule has 1 unspecified atom stereocenters. The SMILES string of the molecule is COC(=O)C1=C(CN2CCN(c3cccc(C)c3C)CC2)NC(=O)NC1c1ccc(OC)cc1. The van der Waals surface area contributed by atoms with E-state index < -0.39 is 12.0 Å². The van der Waals surface area contributed by atoms with Crippen molar-refractivity contribution >= 4 is 17.7 Å². The van der Waals surface area contributed by atoms with Crippen molar-refractivity contribution in [2.45, 2.75) is 19.9 Å². The normalized spacial score (nSPS) is 18.9. The first-order chi connectivity index (χ1) is 16.4. The maximum atomic E-state index is 12.8. The summed E-state index contributed by atoms with van der Waals surface area (Å²) < 4.78 is 10.3. The van der Waals surface area contributed by atoms with Gasteiger partial charge in [-0.3, -0.25) is 4.90 Å². The Balaban J connectivity index is 1.54. The number of hydrogen-bond donors (Lipinski definition) is 2. The van der Waals surface area contributed by atoms with E-state index in [0.717, 1.165) is 31.7 Å². The number of carbonyl (C=O) groups is 2. The number of aryl methyl sites for hydroxylation is 1. The molecule has 1 saturated heterocycles. The topological polar surface area (TPSA) is 83.1 Å². The summed E-state index contributed by atoms with van der Waals surface area (Å²) >= 11 is 0. The molecule has 8 nitrogen and oxygen atoms in total. The average Bonchev–Trinajstić information content (AvgIpc) is 2.85. The van der Waals surface area contributed by atoms with Crippen molar-refractivity contribution in [3.8, 4) is 5.75 Å². The Labute approximate surface area is 200 Å². The van der Waals surface area contributed by atoms with E-state index in [1.165, 1.54) is 23.9 Å². The van der Waals surface area contributed by atoms with E-state index >= 15 is 0 Å². The summed E-state index contributed by atoms with van der Waals surface area (Å²) in [5, 5.41) is 5.73. The highest BCUT2D eigenvalue weighted by Gasteiger charge is 2.34. The van der Waals surface area contributed by atoms with Crippen LogP contribution in [0.4, 0.5) is 10.5 Å². The highest BCUT2D eigenvalue weighted by molar-refractivity contribution is 5.95. The van der Waals surface area contributed by atoms with Crippen LogP contribution in [0.15, 0.2) is 53.7 Å². The fourth-order valence-electron chi connectivity index (χ4n) is 4.59. The number of amides is 2. The van der Waals surface area contributed by atoms with Crippen LogP contribution in [0.3, 0.4) is 0 Å². The van der Waals surface area contributed by atoms with Gasteiger partial charge in [-0.15, -0.1) is 0 Å². The highest BCUT2D eigenvalue weighted by atomic mass is 16.5. The Morgan fingerprint density at radius 2 is 1.74 bits per heavy atom. The number of urea groups is 1. The Hall–Kier alpha value is -3.52. The zero-order chi connectivity index (χ0) is 24.2. The number of ether oxygens (including phenoxy) is 2. The third kappa shape index (κ3) is 4.87. The van der Waals surface area contributed by atoms with Gasteiger partial charge in [0.2, 0.25) is 0 Å². The first-order valence-electron chi connectivity index (χ1n) is 11.5. The predicted octanol–water partition coefficient (Wildman–Crippen LogP) is 2.92. The number of benzene rings is 2. The molecular weight excluding hydrogens is 432 g/mol. The minimum absolute atomic E-state index is 0.336. The van der Waals surface area contributed by atoms with Gasteiger partial charge in [-0.05, 0) is 48.7 Å². The molecule has 2 amide bonds. The van der Waals surface area contributed by atoms with Gasteiger partial charge in [-0.2, -0.15) is 0 Å². The lowest BCUT2D eigenvalue weighted by atomic mass is 9.95. The lowest BCUT2D eigenvalue weighted by molar-refractivity contribution is -0.136. The maximum absolute atomic E-state index is 12.8. The molecule has 0 aromatic heterocycles. The van der Waals surface area contributed by atoms with Gasteiger partial charge in [-0.1, -0.05) is 24.3 Å². The van der Waals surface area contributed by atoms with Gasteiger partial charge in [0.15, 0.2) is 0 Å². The molecule has 2 heterocycles. The van der Waals surface area contributed by atoms with Crippen LogP contribution in [0.2, 0.25) is 0 Å². The molecule has 1 fully saturated rings. The van der Waals surface area contributed by atoms with Gasteiger partial charge in [0.25, 0.3) is 0 Å². The van der Waals surface area contributed by atoms with Gasteiger partial charge < -0.3 is 25.0 Å². The minimum Gasteiger partial charge on any atom is -0.497 e. The zero-order valence-electron chi connectivity index (χ0n) is 20.2. The van der Waals surface area contributed by atoms with Crippen molar-refractivity contribution in [2.75, 3.05) is 51.8 Å². The lowest BCUT2D eigenvalue weighted by Crippen LogP contribution is -2.51. The fourth-order valence-corrected chi connectivity index (χ4v) is 4.59. The van der Waals surface area contributed by atoms with E-state index in [2.05, 4.69) is 52.5 Å². The van der Waals surface area contributed by atoms with Crippen molar-refractivity contribution in [3.63, 3.8) is 0 Å². The first kappa shape index (κ1) is 23.6. The quantitative estimate of drug-likeness (QED) is 0.640. The summed E-state index contributed by atoms with van der Waals surface area (Å²) in [6, 6.07) is 12.8. The van der Waals surface area contributed by atoms with Crippen molar-refractivity contribution in [2.24, 2.45) is 0 Å². The number of piperazine rings is 1. The van der Waals surface area contributed by atoms with Crippen molar-refractivity contribution < 1.29 is 19.1 Å². The maximum Gasteiger partial charge on any atom is 0.338 e. The molecule has 34 heavy (non-hydrogen) atoms. The number of rotatable bonds is 6. The molecule has 1 atom stereocenters. The molecule has 0 aliphatic carbocycles. The molecule has 2 aliphatic rings. The van der Waals surface area contributed by atoms with Gasteiger partial charge in [-0.25, -0.2) is 9.59 Å². The number of esters is 1. The summed E-state index contributed by atoms with van der Waals surface area (Å²) in [5.74, 6) is 0.242. The van der Waals surface area contributed by atoms with E-state index in [1.54, 1.807) is 7.11 Å². The summed E-state index contributed by atoms with van der Waals surface area (Å²) in [6.45, 7) is 8.15. The van der Waals surface area contributed by atoms with Crippen LogP contribution in [0.5, 0.6) is 5.75 Å². The van der Waals surface area contributed by atoms with Crippen LogP contribution >= 0.6 is 0 Å². The summed E-state index contributed by atoms with van der Waals surface area (Å²) in [7, 11) is 2.95. The molecule has 8 heteroatoms. The standard InChI is InChI=1S/C26H32N4O4/c1-17-6-5-7-22(18(17)2)30-14-12-29(13-15-30)16-21-23(25(31)34-4)24(28-26(32)27-21)19-8-10-20(33-3)11-9-19/h5-11,24H,12-16H2,1-4H3,(H2,27,28,32). The molecule has 0 spiro atoms. The van der Waals surface area contributed by atoms with Gasteiger partial charge in [0.1, 0.15) is 5.75 Å². The second kappa shape index (κ2) is 10.2. The van der Waals surface area contributed by atoms with Crippen LogP contribution in [-0.4, -0.2) is 63.8 Å². The highest BCUT2D eigenvalue weighted by Crippen LogP contribution is 2.30. The van der Waals surface area contributed by atoms with Gasteiger partial charge in [0, 0.05) is 44.1 Å². The van der Waals surface area contributed by atoms with Crippen molar-refractivity contribution in [1.29, 1.82) is 0 Å². The molecule has 2 aliphatic heterocycles. The monoisotopic (exact) mass is 464 g/mol. The van der Waals surface area contributed by atoms with E-state index in [9.17, 15) is 9.59 Å². The van der Waals surface area contributed by atoms with Gasteiger partial charge in [0.05, 0.1) is 25.8 Å². The van der Waals surface area contributed by atoms with Crippen molar-refractivity contribution in [3.05, 3.63) is 70.4 Å². The molecule has 0 saturated carbocycles. The Morgan fingerprint density at radius 3 is 2.38 bits per heavy atom. The van der Waals surface area contributed by atoms with E-state index in [0.29, 0.717) is 23.6 Å². The van der Waals surface area contributed by atoms with Crippen LogP contribution in [0.25, 0.3) is 0 Å². The molecular formula is C26H32N4O4. The fraction of sp³-hybridized carbons (Fsp3) is 0.385. The molecule has 2 N–H and O–H groups in total. The Bertz CT molecular complexity index is 1090. The average molecular weight is 465 g/mol. The third-order valence-electron chi connectivity index (χ3n) is 6.68. The smallest absolute Gasteiger partial charge is 0.338 e. The number of methoxy groups -OCH3 is 2. The van der Waals surface area contributed by atoms with E-state index in [4.69, 9.17) is 9.47 Å². The van der Waals surface area contributed by atoms with Crippen molar-refractivity contribution in [1.82, 2.24) is 15.5 Å². The number of anilines is 1. The molecule has 4 rings (SSSR count). The second-order valence-corrected chi connectivity index (χ2v) is 8.67. The Kier molecular flexibility index (Phi) is 7.07. The summed E-state index contributed by atoms with van der Waals surface area (Å²) in [5.41, 5.74) is 5.65. The predicted molar refractivity (Wildman–Crippen MR) is 131 cm³/mol. The number of hydrogen-bond acceptors (Lipinski definition) is 6. The van der Waals surface area contributed by atoms with Gasteiger partial charge >= 0.3 is 12.0 Å². The largest absolute Gasteiger partial charge is 0.497 e. The molecule has 0 radical (unpaired) electrons. The molecule has 0 bridgehead atoms. The third-order valence-corrected chi connectivity index (χ3v) is 6.68. The summed E-state index contributed by atoms with van der Waals surface area (Å²) in [6.07, 6.45) is 0. The first-order valence-corrected chi connectivity index (χ1v) is 11.5. The van der Waals surface area contributed by atoms with Crippen LogP contribution in [-0.2, 0) is 9.53 Å². The lowest BCUT2D eigenvalue weighted by Gasteiger charge is -2.38. The molecule has 2 aromatic carbocycles. The molecule has 2 aromatic rings. The molecule has 180 valence electrons. The second-order valence-electron chi connectivity index (χ2n) is 8.67. The minimum atomic E-state index is -0.599. The number of carbonyl (C=O) groups excluding carboxylic acids is 2. The Morgan fingerprint density at radius 1 is 1.03 bits per heavy atom. The summed E-state index contributed by atoms with van der Waals surface area (Å²) in [4.78, 5) is 30.0. The van der Waals surface area contributed by atoms with Crippen LogP contribution < -0.4 is 20.3 Å². The van der Waals surface area contributed by atoms with E-state index in [-0.39, 0.29) is 6.03 Å². The number of nitrogens with zero attached hydrogens (tertiary/aromatic N) is 2. The van der Waals surface area contributed by atoms with Crippen LogP contribution in [0, 0.1) is 13.8 Å².